The molecule has 35 heavy (non-hydrogen) atoms. The number of hydrogen-bond acceptors (Lipinski definition) is 3. The van der Waals surface area contributed by atoms with Gasteiger partial charge in [0.1, 0.15) is 0 Å². The van der Waals surface area contributed by atoms with Crippen molar-refractivity contribution in [1.82, 2.24) is 0 Å². The van der Waals surface area contributed by atoms with E-state index in [1.54, 1.807) is 4.90 Å². The van der Waals surface area contributed by atoms with Gasteiger partial charge in [0.25, 0.3) is 5.91 Å². The monoisotopic (exact) mass is 467 g/mol. The van der Waals surface area contributed by atoms with Crippen LogP contribution in [-0.2, 0) is 28.9 Å². The van der Waals surface area contributed by atoms with Gasteiger partial charge in [-0.3, -0.25) is 14.5 Å². The number of rotatable bonds is 10. The smallest absolute Gasteiger partial charge is 0.294 e. The molecule has 1 N–H and O–H groups in total. The number of nitrogens with zero attached hydrogens (tertiary/aromatic N) is 1. The molecular weight excluding hydrogens is 434 g/mol. The Morgan fingerprint density at radius 2 is 1.46 bits per heavy atom. The SMILES string of the molecule is CCCCc1ccc(N2C(=O)C(O)=C(C(=O)CCc3ccccc3)C2c2ccc(CC)cc2)cc1. The largest absolute Gasteiger partial charge is 0.503 e. The van der Waals surface area contributed by atoms with Crippen molar-refractivity contribution in [2.24, 2.45) is 0 Å². The maximum atomic E-state index is 13.4. The number of amides is 1. The Kier molecular flexibility index (Phi) is 7.81. The van der Waals surface area contributed by atoms with Gasteiger partial charge in [0.05, 0.1) is 11.6 Å². The Balaban J connectivity index is 1.68. The van der Waals surface area contributed by atoms with Gasteiger partial charge in [-0.2, -0.15) is 0 Å². The third kappa shape index (κ3) is 5.37. The Bertz CT molecular complexity index is 1190. The van der Waals surface area contributed by atoms with Gasteiger partial charge in [0, 0.05) is 12.1 Å². The molecule has 0 aliphatic carbocycles. The molecule has 0 aromatic heterocycles. The average molecular weight is 468 g/mol. The molecule has 180 valence electrons. The lowest BCUT2D eigenvalue weighted by Gasteiger charge is -2.27. The maximum Gasteiger partial charge on any atom is 0.294 e. The highest BCUT2D eigenvalue weighted by Crippen LogP contribution is 2.41. The lowest BCUT2D eigenvalue weighted by Crippen LogP contribution is -2.31. The summed E-state index contributed by atoms with van der Waals surface area (Å²) in [6.07, 6.45) is 4.89. The first-order valence-electron chi connectivity index (χ1n) is 12.5. The van der Waals surface area contributed by atoms with E-state index in [0.29, 0.717) is 12.1 Å². The minimum Gasteiger partial charge on any atom is -0.503 e. The minimum absolute atomic E-state index is 0.185. The van der Waals surface area contributed by atoms with E-state index in [4.69, 9.17) is 0 Å². The first-order chi connectivity index (χ1) is 17.0. The Labute approximate surface area is 207 Å². The third-order valence-electron chi connectivity index (χ3n) is 6.73. The van der Waals surface area contributed by atoms with Gasteiger partial charge in [-0.15, -0.1) is 0 Å². The molecule has 3 aromatic carbocycles. The van der Waals surface area contributed by atoms with Crippen LogP contribution in [0.1, 0.15) is 61.4 Å². The molecule has 0 saturated heterocycles. The highest BCUT2D eigenvalue weighted by Gasteiger charge is 2.44. The molecule has 0 fully saturated rings. The van der Waals surface area contributed by atoms with Crippen LogP contribution >= 0.6 is 0 Å². The number of anilines is 1. The zero-order valence-electron chi connectivity index (χ0n) is 20.5. The van der Waals surface area contributed by atoms with Gasteiger partial charge in [-0.1, -0.05) is 87.0 Å². The molecule has 4 heteroatoms. The molecule has 0 radical (unpaired) electrons. The minimum atomic E-state index is -0.654. The van der Waals surface area contributed by atoms with Crippen molar-refractivity contribution in [3.05, 3.63) is 112 Å². The van der Waals surface area contributed by atoms with Crippen LogP contribution in [0.3, 0.4) is 0 Å². The number of carbonyl (C=O) groups excluding carboxylic acids is 2. The topological polar surface area (TPSA) is 57.6 Å². The molecule has 0 saturated carbocycles. The summed E-state index contributed by atoms with van der Waals surface area (Å²) in [6, 6.07) is 25.0. The first-order valence-corrected chi connectivity index (χ1v) is 12.5. The average Bonchev–Trinajstić information content (AvgIpc) is 3.17. The van der Waals surface area contributed by atoms with Crippen molar-refractivity contribution in [2.45, 2.75) is 58.4 Å². The number of aliphatic hydroxyl groups is 1. The molecule has 0 bridgehead atoms. The van der Waals surface area contributed by atoms with Gasteiger partial charge < -0.3 is 5.11 Å². The number of benzene rings is 3. The second-order valence-electron chi connectivity index (χ2n) is 9.11. The molecule has 4 rings (SSSR count). The Morgan fingerprint density at radius 1 is 0.829 bits per heavy atom. The number of aliphatic hydroxyl groups excluding tert-OH is 1. The number of unbranched alkanes of at least 4 members (excludes halogenated alkanes) is 1. The molecule has 1 aliphatic heterocycles. The normalized spacial score (nSPS) is 15.7. The van der Waals surface area contributed by atoms with Gasteiger partial charge >= 0.3 is 0 Å². The fourth-order valence-corrected chi connectivity index (χ4v) is 4.65. The van der Waals surface area contributed by atoms with Crippen LogP contribution in [0.5, 0.6) is 0 Å². The second kappa shape index (κ2) is 11.2. The molecule has 1 heterocycles. The highest BCUT2D eigenvalue weighted by molar-refractivity contribution is 6.16. The van der Waals surface area contributed by atoms with Crippen LogP contribution in [0.2, 0.25) is 0 Å². The van der Waals surface area contributed by atoms with Crippen LogP contribution < -0.4 is 4.90 Å². The molecule has 4 nitrogen and oxygen atoms in total. The van der Waals surface area contributed by atoms with Gasteiger partial charge in [0.2, 0.25) is 0 Å². The maximum absolute atomic E-state index is 13.4. The van der Waals surface area contributed by atoms with E-state index in [-0.39, 0.29) is 17.8 Å². The summed E-state index contributed by atoms with van der Waals surface area (Å²) in [4.78, 5) is 28.3. The lowest BCUT2D eigenvalue weighted by molar-refractivity contribution is -0.118. The molecule has 1 atom stereocenters. The van der Waals surface area contributed by atoms with Crippen molar-refractivity contribution in [1.29, 1.82) is 0 Å². The van der Waals surface area contributed by atoms with Crippen LogP contribution in [-0.4, -0.2) is 16.8 Å². The number of ketones is 1. The fourth-order valence-electron chi connectivity index (χ4n) is 4.65. The Morgan fingerprint density at radius 3 is 2.09 bits per heavy atom. The summed E-state index contributed by atoms with van der Waals surface area (Å²) in [7, 11) is 0. The third-order valence-corrected chi connectivity index (χ3v) is 6.73. The van der Waals surface area contributed by atoms with E-state index in [9.17, 15) is 14.7 Å². The van der Waals surface area contributed by atoms with E-state index < -0.39 is 17.7 Å². The van der Waals surface area contributed by atoms with E-state index in [1.165, 1.54) is 11.1 Å². The highest BCUT2D eigenvalue weighted by atomic mass is 16.3. The zero-order chi connectivity index (χ0) is 24.8. The second-order valence-corrected chi connectivity index (χ2v) is 9.11. The quantitative estimate of drug-likeness (QED) is 0.361. The predicted octanol–water partition coefficient (Wildman–Crippen LogP) is 6.69. The van der Waals surface area contributed by atoms with Crippen molar-refractivity contribution in [3.8, 4) is 0 Å². The van der Waals surface area contributed by atoms with Crippen molar-refractivity contribution < 1.29 is 14.7 Å². The molecule has 1 unspecified atom stereocenters. The Hall–Kier alpha value is -3.66. The summed E-state index contributed by atoms with van der Waals surface area (Å²) in [5, 5.41) is 10.9. The lowest BCUT2D eigenvalue weighted by atomic mass is 9.92. The van der Waals surface area contributed by atoms with Crippen LogP contribution in [0.4, 0.5) is 5.69 Å². The first kappa shape index (κ1) is 24.5. The van der Waals surface area contributed by atoms with Gasteiger partial charge in [-0.25, -0.2) is 0 Å². The molecule has 1 amide bonds. The number of carbonyl (C=O) groups is 2. The summed E-state index contributed by atoms with van der Waals surface area (Å²) < 4.78 is 0. The van der Waals surface area contributed by atoms with Crippen LogP contribution in [0.25, 0.3) is 0 Å². The van der Waals surface area contributed by atoms with E-state index in [1.807, 2.05) is 78.9 Å². The van der Waals surface area contributed by atoms with Crippen molar-refractivity contribution in [2.75, 3.05) is 4.90 Å². The van der Waals surface area contributed by atoms with Crippen molar-refractivity contribution >= 4 is 17.4 Å². The summed E-state index contributed by atoms with van der Waals surface area (Å²) >= 11 is 0. The fraction of sp³-hybridized carbons (Fsp3) is 0.290. The molecule has 1 aliphatic rings. The van der Waals surface area contributed by atoms with Crippen LogP contribution in [0, 0.1) is 0 Å². The summed E-state index contributed by atoms with van der Waals surface area (Å²) in [6.45, 7) is 4.25. The van der Waals surface area contributed by atoms with Gasteiger partial charge in [-0.05, 0) is 60.1 Å². The number of Topliss-reactive ketones (excluding diaryl/α,β-unsaturated/α-hetero) is 1. The van der Waals surface area contributed by atoms with E-state index in [0.717, 1.165) is 36.8 Å². The van der Waals surface area contributed by atoms with Gasteiger partial charge in [0.15, 0.2) is 11.5 Å². The standard InChI is InChI=1S/C31H33NO3/c1-3-5-9-24-14-19-26(20-15-24)32-29(25-17-12-22(4-2)13-18-25)28(30(34)31(32)35)27(33)21-16-23-10-7-6-8-11-23/h6-8,10-15,17-20,29,34H,3-5,9,16,21H2,1-2H3. The summed E-state index contributed by atoms with van der Waals surface area (Å²) in [5.74, 6) is -1.17. The molecular formula is C31H33NO3. The van der Waals surface area contributed by atoms with E-state index >= 15 is 0 Å². The van der Waals surface area contributed by atoms with Crippen LogP contribution in [0.15, 0.2) is 90.2 Å². The predicted molar refractivity (Wildman–Crippen MR) is 141 cm³/mol. The number of hydrogen-bond donors (Lipinski definition) is 1. The van der Waals surface area contributed by atoms with Crippen molar-refractivity contribution in [3.63, 3.8) is 0 Å². The zero-order valence-corrected chi connectivity index (χ0v) is 20.5. The molecule has 3 aromatic rings. The summed E-state index contributed by atoms with van der Waals surface area (Å²) in [5.41, 5.74) is 5.12. The number of aryl methyl sites for hydroxylation is 3. The molecule has 0 spiro atoms. The van der Waals surface area contributed by atoms with E-state index in [2.05, 4.69) is 13.8 Å².